The van der Waals surface area contributed by atoms with E-state index in [-0.39, 0.29) is 11.2 Å². The van der Waals surface area contributed by atoms with Crippen LogP contribution in [0.25, 0.3) is 0 Å². The second-order valence-corrected chi connectivity index (χ2v) is 7.24. The van der Waals surface area contributed by atoms with Crippen LogP contribution < -0.4 is 15.6 Å². The molecule has 0 radical (unpaired) electrons. The lowest BCUT2D eigenvalue weighted by molar-refractivity contribution is 0.00578. The van der Waals surface area contributed by atoms with Gasteiger partial charge in [-0.3, -0.25) is 0 Å². The van der Waals surface area contributed by atoms with Gasteiger partial charge in [-0.05, 0) is 57.5 Å². The van der Waals surface area contributed by atoms with Crippen molar-refractivity contribution >= 4 is 18.5 Å². The first-order chi connectivity index (χ1) is 11.8. The van der Waals surface area contributed by atoms with Crippen LogP contribution in [-0.4, -0.2) is 30.4 Å². The highest BCUT2D eigenvalue weighted by Gasteiger charge is 2.52. The summed E-state index contributed by atoms with van der Waals surface area (Å²) in [6.07, 6.45) is 0. The second-order valence-electron chi connectivity index (χ2n) is 7.24. The molecule has 0 atom stereocenters. The summed E-state index contributed by atoms with van der Waals surface area (Å²) < 4.78 is 17.3. The van der Waals surface area contributed by atoms with Crippen LogP contribution in [0.3, 0.4) is 0 Å². The van der Waals surface area contributed by atoms with Crippen molar-refractivity contribution < 1.29 is 14.0 Å². The van der Waals surface area contributed by atoms with Crippen molar-refractivity contribution in [1.82, 2.24) is 4.98 Å². The minimum Gasteiger partial charge on any atom is -0.497 e. The van der Waals surface area contributed by atoms with Crippen LogP contribution in [0.5, 0.6) is 5.75 Å². The van der Waals surface area contributed by atoms with E-state index in [0.717, 1.165) is 22.7 Å². The molecule has 1 saturated heterocycles. The van der Waals surface area contributed by atoms with Crippen LogP contribution in [0.2, 0.25) is 0 Å². The molecule has 0 spiro atoms. The van der Waals surface area contributed by atoms with Crippen LogP contribution >= 0.6 is 0 Å². The van der Waals surface area contributed by atoms with Crippen molar-refractivity contribution in [2.45, 2.75) is 45.4 Å². The molecule has 1 aliphatic rings. The zero-order valence-corrected chi connectivity index (χ0v) is 15.5. The lowest BCUT2D eigenvalue weighted by atomic mass is 9.84. The number of nitrogens with zero attached hydrogens (tertiary/aromatic N) is 1. The first-order valence-corrected chi connectivity index (χ1v) is 8.50. The van der Waals surface area contributed by atoms with Gasteiger partial charge in [0.2, 0.25) is 0 Å². The number of hydrogen-bond donors (Lipinski definition) is 1. The highest BCUT2D eigenvalue weighted by atomic mass is 16.7. The second kappa shape index (κ2) is 6.69. The molecule has 1 fully saturated rings. The van der Waals surface area contributed by atoms with Gasteiger partial charge in [0.05, 0.1) is 23.9 Å². The van der Waals surface area contributed by atoms with Gasteiger partial charge in [-0.1, -0.05) is 18.2 Å². The molecule has 3 rings (SSSR count). The SMILES string of the molecule is COc1ccc(CNc2cccc(B3OC(C)(C)C(C)(C)O3)n2)cc1. The van der Waals surface area contributed by atoms with Crippen molar-refractivity contribution in [2.75, 3.05) is 12.4 Å². The van der Waals surface area contributed by atoms with Gasteiger partial charge in [-0.2, -0.15) is 0 Å². The van der Waals surface area contributed by atoms with Gasteiger partial charge in [-0.25, -0.2) is 4.98 Å². The van der Waals surface area contributed by atoms with Gasteiger partial charge in [0.25, 0.3) is 0 Å². The van der Waals surface area contributed by atoms with Gasteiger partial charge < -0.3 is 19.4 Å². The van der Waals surface area contributed by atoms with E-state index in [1.54, 1.807) is 7.11 Å². The third kappa shape index (κ3) is 3.80. The Morgan fingerprint density at radius 1 is 1.00 bits per heavy atom. The Morgan fingerprint density at radius 3 is 2.24 bits per heavy atom. The lowest BCUT2D eigenvalue weighted by Crippen LogP contribution is -2.41. The largest absolute Gasteiger partial charge is 0.514 e. The highest BCUT2D eigenvalue weighted by Crippen LogP contribution is 2.36. The van der Waals surface area contributed by atoms with Crippen LogP contribution in [0, 0.1) is 0 Å². The van der Waals surface area contributed by atoms with E-state index in [0.29, 0.717) is 6.54 Å². The standard InChI is InChI=1S/C19H25BN2O3/c1-18(2)19(3,4)25-20(24-18)16-7-6-8-17(22-16)21-13-14-9-11-15(23-5)12-10-14/h6-12H,13H2,1-5H3,(H,21,22). The Morgan fingerprint density at radius 2 is 1.64 bits per heavy atom. The van der Waals surface area contributed by atoms with Crippen molar-refractivity contribution in [1.29, 1.82) is 0 Å². The number of nitrogens with one attached hydrogen (secondary N) is 1. The maximum absolute atomic E-state index is 6.07. The fraction of sp³-hybridized carbons (Fsp3) is 0.421. The van der Waals surface area contributed by atoms with Crippen LogP contribution in [0.4, 0.5) is 5.82 Å². The monoisotopic (exact) mass is 340 g/mol. The first kappa shape index (κ1) is 17.8. The summed E-state index contributed by atoms with van der Waals surface area (Å²) in [5.41, 5.74) is 1.19. The summed E-state index contributed by atoms with van der Waals surface area (Å²) >= 11 is 0. The van der Waals surface area contributed by atoms with E-state index in [1.165, 1.54) is 0 Å². The summed E-state index contributed by atoms with van der Waals surface area (Å²) in [5.74, 6) is 1.65. The smallest absolute Gasteiger partial charge is 0.497 e. The van der Waals surface area contributed by atoms with Crippen LogP contribution in [-0.2, 0) is 15.9 Å². The summed E-state index contributed by atoms with van der Waals surface area (Å²) in [6, 6.07) is 13.8. The number of hydrogen-bond acceptors (Lipinski definition) is 5. The fourth-order valence-electron chi connectivity index (χ4n) is 2.58. The topological polar surface area (TPSA) is 52.6 Å². The summed E-state index contributed by atoms with van der Waals surface area (Å²) in [4.78, 5) is 4.65. The Kier molecular flexibility index (Phi) is 4.76. The number of anilines is 1. The maximum Gasteiger partial charge on any atom is 0.514 e. The molecule has 1 aromatic carbocycles. The molecule has 1 aliphatic heterocycles. The molecule has 1 aromatic heterocycles. The Bertz CT molecular complexity index is 716. The molecule has 132 valence electrons. The zero-order valence-electron chi connectivity index (χ0n) is 15.5. The zero-order chi connectivity index (χ0) is 18.1. The minimum atomic E-state index is -0.451. The molecule has 0 bridgehead atoms. The summed E-state index contributed by atoms with van der Waals surface area (Å²) in [7, 11) is 1.21. The lowest BCUT2D eigenvalue weighted by Gasteiger charge is -2.32. The molecule has 25 heavy (non-hydrogen) atoms. The fourth-order valence-corrected chi connectivity index (χ4v) is 2.58. The number of aromatic nitrogens is 1. The Hall–Kier alpha value is -2.05. The molecule has 1 N–H and O–H groups in total. The number of pyridine rings is 1. The molecule has 5 nitrogen and oxygen atoms in total. The van der Waals surface area contributed by atoms with E-state index >= 15 is 0 Å². The number of benzene rings is 1. The van der Waals surface area contributed by atoms with Gasteiger partial charge in [0.1, 0.15) is 11.6 Å². The average Bonchev–Trinajstić information content (AvgIpc) is 2.81. The molecule has 0 unspecified atom stereocenters. The van der Waals surface area contributed by atoms with E-state index in [4.69, 9.17) is 14.0 Å². The van der Waals surface area contributed by atoms with Crippen molar-refractivity contribution in [2.24, 2.45) is 0 Å². The predicted molar refractivity (Wildman–Crippen MR) is 100 cm³/mol. The quantitative estimate of drug-likeness (QED) is 0.848. The van der Waals surface area contributed by atoms with E-state index in [1.807, 2.05) is 70.2 Å². The van der Waals surface area contributed by atoms with E-state index in [2.05, 4.69) is 10.3 Å². The van der Waals surface area contributed by atoms with Gasteiger partial charge in [0.15, 0.2) is 0 Å². The first-order valence-electron chi connectivity index (χ1n) is 8.50. The highest BCUT2D eigenvalue weighted by molar-refractivity contribution is 6.61. The third-order valence-corrected chi connectivity index (χ3v) is 4.90. The molecular weight excluding hydrogens is 315 g/mol. The molecule has 2 heterocycles. The molecule has 2 aromatic rings. The normalized spacial score (nSPS) is 18.2. The molecule has 6 heteroatoms. The Balaban J connectivity index is 1.67. The Labute approximate surface area is 149 Å². The average molecular weight is 340 g/mol. The van der Waals surface area contributed by atoms with Crippen molar-refractivity contribution in [3.63, 3.8) is 0 Å². The number of ether oxygens (including phenoxy) is 1. The third-order valence-electron chi connectivity index (χ3n) is 4.90. The number of rotatable bonds is 5. The molecular formula is C19H25BN2O3. The molecule has 0 aliphatic carbocycles. The van der Waals surface area contributed by atoms with Gasteiger partial charge >= 0.3 is 7.12 Å². The van der Waals surface area contributed by atoms with Crippen molar-refractivity contribution in [3.8, 4) is 5.75 Å². The minimum absolute atomic E-state index is 0.369. The van der Waals surface area contributed by atoms with E-state index in [9.17, 15) is 0 Å². The predicted octanol–water partition coefficient (Wildman–Crippen LogP) is 3.00. The van der Waals surface area contributed by atoms with Crippen LogP contribution in [0.15, 0.2) is 42.5 Å². The summed E-state index contributed by atoms with van der Waals surface area (Å²) in [6.45, 7) is 8.85. The van der Waals surface area contributed by atoms with Crippen molar-refractivity contribution in [3.05, 3.63) is 48.0 Å². The van der Waals surface area contributed by atoms with Gasteiger partial charge in [-0.15, -0.1) is 0 Å². The summed E-state index contributed by atoms with van der Waals surface area (Å²) in [5, 5.41) is 3.34. The van der Waals surface area contributed by atoms with Gasteiger partial charge in [0, 0.05) is 6.54 Å². The number of methoxy groups -OCH3 is 1. The molecule has 0 amide bonds. The molecule has 0 saturated carbocycles. The van der Waals surface area contributed by atoms with E-state index < -0.39 is 7.12 Å². The maximum atomic E-state index is 6.07. The van der Waals surface area contributed by atoms with Crippen LogP contribution in [0.1, 0.15) is 33.3 Å².